The molecule has 2 rings (SSSR count). The first-order valence-electron chi connectivity index (χ1n) is 6.64. The number of rotatable bonds is 3. The van der Waals surface area contributed by atoms with Crippen LogP contribution in [-0.2, 0) is 4.74 Å². The summed E-state index contributed by atoms with van der Waals surface area (Å²) in [5.74, 6) is 0. The van der Waals surface area contributed by atoms with Crippen LogP contribution in [0.5, 0.6) is 0 Å². The van der Waals surface area contributed by atoms with E-state index in [1.54, 1.807) is 0 Å². The first-order valence-corrected chi connectivity index (χ1v) is 6.64. The summed E-state index contributed by atoms with van der Waals surface area (Å²) >= 11 is 0. The Kier molecular flexibility index (Phi) is 4.38. The molecule has 0 bridgehead atoms. The van der Waals surface area contributed by atoms with Crippen molar-refractivity contribution in [3.05, 3.63) is 34.4 Å². The van der Waals surface area contributed by atoms with Crippen LogP contribution in [0.4, 0.5) is 0 Å². The van der Waals surface area contributed by atoms with Crippen molar-refractivity contribution < 1.29 is 9.84 Å². The number of aryl methyl sites for hydroxylation is 3. The normalized spacial score (nSPS) is 18.9. The van der Waals surface area contributed by atoms with Crippen molar-refractivity contribution in [2.24, 2.45) is 0 Å². The molecule has 1 aliphatic rings. The van der Waals surface area contributed by atoms with Gasteiger partial charge in [0.2, 0.25) is 0 Å². The summed E-state index contributed by atoms with van der Waals surface area (Å²) < 4.78 is 5.39. The van der Waals surface area contributed by atoms with Gasteiger partial charge >= 0.3 is 0 Å². The Balaban J connectivity index is 2.32. The van der Waals surface area contributed by atoms with Crippen molar-refractivity contribution in [1.82, 2.24) is 4.90 Å². The van der Waals surface area contributed by atoms with Gasteiger partial charge in [-0.05, 0) is 37.5 Å². The molecule has 0 amide bonds. The topological polar surface area (TPSA) is 32.7 Å². The summed E-state index contributed by atoms with van der Waals surface area (Å²) in [5, 5.41) is 9.77. The molecule has 1 heterocycles. The number of hydrogen-bond donors (Lipinski definition) is 1. The molecule has 1 aromatic carbocycles. The van der Waals surface area contributed by atoms with Gasteiger partial charge in [-0.3, -0.25) is 4.90 Å². The minimum Gasteiger partial charge on any atom is -0.394 e. The molecule has 1 unspecified atom stereocenters. The SMILES string of the molecule is Cc1cc(C)c(C(CO)N2CCOCC2)c(C)c1. The summed E-state index contributed by atoms with van der Waals surface area (Å²) in [4.78, 5) is 2.33. The summed E-state index contributed by atoms with van der Waals surface area (Å²) in [6.07, 6.45) is 0. The second-order valence-electron chi connectivity index (χ2n) is 5.16. The lowest BCUT2D eigenvalue weighted by atomic mass is 9.93. The highest BCUT2D eigenvalue weighted by atomic mass is 16.5. The van der Waals surface area contributed by atoms with Crippen molar-refractivity contribution in [3.63, 3.8) is 0 Å². The molecular weight excluding hydrogens is 226 g/mol. The molecule has 1 N–H and O–H groups in total. The molecule has 1 saturated heterocycles. The fourth-order valence-corrected chi connectivity index (χ4v) is 3.00. The third-order valence-corrected chi connectivity index (χ3v) is 3.73. The van der Waals surface area contributed by atoms with Crippen LogP contribution in [0.2, 0.25) is 0 Å². The maximum Gasteiger partial charge on any atom is 0.0628 e. The van der Waals surface area contributed by atoms with E-state index in [1.165, 1.54) is 22.3 Å². The van der Waals surface area contributed by atoms with E-state index < -0.39 is 0 Å². The van der Waals surface area contributed by atoms with Crippen LogP contribution in [0, 0.1) is 20.8 Å². The summed E-state index contributed by atoms with van der Waals surface area (Å²) in [5.41, 5.74) is 5.12. The molecule has 3 nitrogen and oxygen atoms in total. The number of morpholine rings is 1. The van der Waals surface area contributed by atoms with E-state index in [1.807, 2.05) is 0 Å². The number of ether oxygens (including phenoxy) is 1. The van der Waals surface area contributed by atoms with E-state index in [2.05, 4.69) is 37.8 Å². The highest BCUT2D eigenvalue weighted by molar-refractivity contribution is 5.39. The maximum absolute atomic E-state index is 9.77. The Morgan fingerprint density at radius 3 is 2.22 bits per heavy atom. The van der Waals surface area contributed by atoms with E-state index in [9.17, 15) is 5.11 Å². The van der Waals surface area contributed by atoms with Gasteiger partial charge in [-0.25, -0.2) is 0 Å². The van der Waals surface area contributed by atoms with Gasteiger partial charge in [0.15, 0.2) is 0 Å². The Morgan fingerprint density at radius 2 is 1.72 bits per heavy atom. The molecule has 0 aromatic heterocycles. The van der Waals surface area contributed by atoms with E-state index >= 15 is 0 Å². The molecule has 0 aliphatic carbocycles. The molecule has 0 spiro atoms. The van der Waals surface area contributed by atoms with Crippen molar-refractivity contribution in [3.8, 4) is 0 Å². The third-order valence-electron chi connectivity index (χ3n) is 3.73. The van der Waals surface area contributed by atoms with E-state index in [4.69, 9.17) is 4.74 Å². The smallest absolute Gasteiger partial charge is 0.0628 e. The molecule has 100 valence electrons. The van der Waals surface area contributed by atoms with Crippen molar-refractivity contribution >= 4 is 0 Å². The highest BCUT2D eigenvalue weighted by Crippen LogP contribution is 2.28. The Hall–Kier alpha value is -0.900. The van der Waals surface area contributed by atoms with E-state index in [0.717, 1.165) is 26.3 Å². The number of hydrogen-bond acceptors (Lipinski definition) is 3. The van der Waals surface area contributed by atoms with Crippen molar-refractivity contribution in [2.45, 2.75) is 26.8 Å². The zero-order valence-electron chi connectivity index (χ0n) is 11.6. The number of nitrogens with zero attached hydrogens (tertiary/aromatic N) is 1. The van der Waals surface area contributed by atoms with Crippen LogP contribution < -0.4 is 0 Å². The Morgan fingerprint density at radius 1 is 1.17 bits per heavy atom. The van der Waals surface area contributed by atoms with Crippen LogP contribution in [0.25, 0.3) is 0 Å². The third kappa shape index (κ3) is 2.74. The molecule has 1 fully saturated rings. The van der Waals surface area contributed by atoms with Gasteiger partial charge in [0.1, 0.15) is 0 Å². The minimum absolute atomic E-state index is 0.106. The number of benzene rings is 1. The summed E-state index contributed by atoms with van der Waals surface area (Å²) in [7, 11) is 0. The van der Waals surface area contributed by atoms with Gasteiger partial charge < -0.3 is 9.84 Å². The van der Waals surface area contributed by atoms with Crippen LogP contribution in [-0.4, -0.2) is 42.9 Å². The van der Waals surface area contributed by atoms with Crippen molar-refractivity contribution in [2.75, 3.05) is 32.9 Å². The standard InChI is InChI=1S/C15H23NO2/c1-11-8-12(2)15(13(3)9-11)14(10-17)16-4-6-18-7-5-16/h8-9,14,17H,4-7,10H2,1-3H3. The predicted octanol–water partition coefficient (Wildman–Crippen LogP) is 1.98. The first kappa shape index (κ1) is 13.5. The van der Waals surface area contributed by atoms with Gasteiger partial charge in [-0.1, -0.05) is 17.7 Å². The van der Waals surface area contributed by atoms with E-state index in [0.29, 0.717) is 0 Å². The molecular formula is C15H23NO2. The molecule has 1 atom stereocenters. The van der Waals surface area contributed by atoms with Crippen LogP contribution in [0.15, 0.2) is 12.1 Å². The first-order chi connectivity index (χ1) is 8.63. The predicted molar refractivity (Wildman–Crippen MR) is 72.9 cm³/mol. The monoisotopic (exact) mass is 249 g/mol. The Labute approximate surface area is 109 Å². The maximum atomic E-state index is 9.77. The zero-order valence-corrected chi connectivity index (χ0v) is 11.6. The number of aliphatic hydroxyl groups excluding tert-OH is 1. The average Bonchev–Trinajstić information content (AvgIpc) is 2.34. The van der Waals surface area contributed by atoms with Gasteiger partial charge in [-0.2, -0.15) is 0 Å². The summed E-state index contributed by atoms with van der Waals surface area (Å²) in [6, 6.07) is 4.51. The van der Waals surface area contributed by atoms with Crippen LogP contribution >= 0.6 is 0 Å². The second-order valence-corrected chi connectivity index (χ2v) is 5.16. The average molecular weight is 249 g/mol. The molecule has 1 aromatic rings. The largest absolute Gasteiger partial charge is 0.394 e. The Bertz CT molecular complexity index is 388. The van der Waals surface area contributed by atoms with Crippen molar-refractivity contribution in [1.29, 1.82) is 0 Å². The van der Waals surface area contributed by atoms with Crippen LogP contribution in [0.1, 0.15) is 28.3 Å². The minimum atomic E-state index is 0.106. The molecule has 3 heteroatoms. The molecule has 1 aliphatic heterocycles. The van der Waals surface area contributed by atoms with Gasteiger partial charge in [0, 0.05) is 13.1 Å². The van der Waals surface area contributed by atoms with Crippen LogP contribution in [0.3, 0.4) is 0 Å². The lowest BCUT2D eigenvalue weighted by Crippen LogP contribution is -2.41. The fraction of sp³-hybridized carbons (Fsp3) is 0.600. The summed E-state index contributed by atoms with van der Waals surface area (Å²) in [6.45, 7) is 9.89. The highest BCUT2D eigenvalue weighted by Gasteiger charge is 2.24. The van der Waals surface area contributed by atoms with E-state index in [-0.39, 0.29) is 12.6 Å². The lowest BCUT2D eigenvalue weighted by Gasteiger charge is -2.35. The molecule has 0 radical (unpaired) electrons. The fourth-order valence-electron chi connectivity index (χ4n) is 3.00. The quantitative estimate of drug-likeness (QED) is 0.889. The zero-order chi connectivity index (χ0) is 13.1. The lowest BCUT2D eigenvalue weighted by molar-refractivity contribution is 0.00228. The van der Waals surface area contributed by atoms with Gasteiger partial charge in [0.05, 0.1) is 25.9 Å². The van der Waals surface area contributed by atoms with Gasteiger partial charge in [-0.15, -0.1) is 0 Å². The van der Waals surface area contributed by atoms with Gasteiger partial charge in [0.25, 0.3) is 0 Å². The number of aliphatic hydroxyl groups is 1. The second kappa shape index (κ2) is 5.83. The molecule has 18 heavy (non-hydrogen) atoms. The molecule has 0 saturated carbocycles.